The van der Waals surface area contributed by atoms with E-state index in [9.17, 15) is 24.0 Å². The van der Waals surface area contributed by atoms with Crippen LogP contribution < -0.4 is 16.1 Å². The summed E-state index contributed by atoms with van der Waals surface area (Å²) in [6.07, 6.45) is 4.45. The summed E-state index contributed by atoms with van der Waals surface area (Å²) in [7, 11) is 3.31. The molecule has 0 radical (unpaired) electrons. The van der Waals surface area contributed by atoms with Crippen LogP contribution in [-0.2, 0) is 48.0 Å². The van der Waals surface area contributed by atoms with Crippen LogP contribution in [0.1, 0.15) is 76.8 Å². The predicted molar refractivity (Wildman–Crippen MR) is 262 cm³/mol. The van der Waals surface area contributed by atoms with Gasteiger partial charge in [0.2, 0.25) is 11.8 Å². The molecule has 0 saturated carbocycles. The number of methoxy groups -OCH3 is 1. The number of piperazine rings is 1. The van der Waals surface area contributed by atoms with Gasteiger partial charge >= 0.3 is 12.0 Å². The molecule has 4 aromatic rings. The van der Waals surface area contributed by atoms with Gasteiger partial charge in [-0.1, -0.05) is 40.3 Å². The highest BCUT2D eigenvalue weighted by molar-refractivity contribution is 7.10. The number of rotatable bonds is 12. The molecule has 0 aliphatic carbocycles. The molecular formula is C50H68N10O7S. The molecule has 4 atom stereocenters. The zero-order chi connectivity index (χ0) is 48.9. The highest BCUT2D eigenvalue weighted by Crippen LogP contribution is 2.42. The number of nitrogens with one attached hydrogen (secondary N) is 3. The summed E-state index contributed by atoms with van der Waals surface area (Å²) < 4.78 is 14.2. The molecule has 366 valence electrons. The number of benzene rings is 1. The Kier molecular flexibility index (Phi) is 16.0. The number of aryl methyl sites for hydroxylation is 1. The van der Waals surface area contributed by atoms with Crippen molar-refractivity contribution < 1.29 is 33.4 Å². The van der Waals surface area contributed by atoms with E-state index in [0.29, 0.717) is 76.6 Å². The number of cyclic esters (lactones) is 1. The van der Waals surface area contributed by atoms with Crippen LogP contribution in [0, 0.1) is 11.3 Å². The zero-order valence-electron chi connectivity index (χ0n) is 40.8. The minimum absolute atomic E-state index is 0.0831. The number of urea groups is 1. The Morgan fingerprint density at radius 1 is 1.12 bits per heavy atom. The third-order valence-electron chi connectivity index (χ3n) is 13.3. The largest absolute Gasteiger partial charge is 0.464 e. The average Bonchev–Trinajstić information content (AvgIpc) is 3.93. The van der Waals surface area contributed by atoms with Gasteiger partial charge in [-0.15, -0.1) is 11.3 Å². The topological polar surface area (TPSA) is 184 Å². The molecule has 18 heteroatoms. The molecule has 6 heterocycles. The SMILES string of the molecule is C=CC(=O)NCCN1CCN(C(=O)N(C)C(C(=O)N[C@H]2Cc3nc(cs3)-c3ccc4c(c3)c(c(-c3cccnc3[C@H](C)OC)n4CC)CC(C)(C)COC(=O)[C@@H]3CCCN(N3)C2=O)C(C)C)CC1. The van der Waals surface area contributed by atoms with Crippen LogP contribution in [0.4, 0.5) is 4.79 Å². The van der Waals surface area contributed by atoms with Gasteiger partial charge < -0.3 is 34.5 Å². The van der Waals surface area contributed by atoms with Crippen LogP contribution in [0.3, 0.4) is 0 Å². The Balaban J connectivity index is 1.20. The average molecular weight is 953 g/mol. The zero-order valence-corrected chi connectivity index (χ0v) is 41.6. The van der Waals surface area contributed by atoms with E-state index in [1.54, 1.807) is 25.3 Å². The molecule has 5 amide bonds. The number of hydrogen-bond acceptors (Lipinski definition) is 12. The highest BCUT2D eigenvalue weighted by atomic mass is 32.1. The van der Waals surface area contributed by atoms with Crippen molar-refractivity contribution in [1.29, 1.82) is 0 Å². The summed E-state index contributed by atoms with van der Waals surface area (Å²) in [4.78, 5) is 84.0. The van der Waals surface area contributed by atoms with Gasteiger partial charge in [0, 0.05) is 112 Å². The number of nitrogens with zero attached hydrogens (tertiary/aromatic N) is 7. The fourth-order valence-electron chi connectivity index (χ4n) is 9.66. The number of esters is 1. The lowest BCUT2D eigenvalue weighted by Crippen LogP contribution is -2.63. The van der Waals surface area contributed by atoms with Crippen molar-refractivity contribution >= 4 is 52.0 Å². The summed E-state index contributed by atoms with van der Waals surface area (Å²) in [6.45, 7) is 20.0. The van der Waals surface area contributed by atoms with E-state index in [4.69, 9.17) is 19.4 Å². The molecule has 68 heavy (non-hydrogen) atoms. The van der Waals surface area contributed by atoms with Gasteiger partial charge in [-0.05, 0) is 74.9 Å². The molecule has 3 aliphatic rings. The number of amides is 5. The van der Waals surface area contributed by atoms with Crippen molar-refractivity contribution in [2.75, 3.05) is 66.6 Å². The van der Waals surface area contributed by atoms with Crippen LogP contribution in [0.15, 0.2) is 54.6 Å². The van der Waals surface area contributed by atoms with E-state index < -0.39 is 41.3 Å². The second kappa shape index (κ2) is 21.7. The number of aromatic nitrogens is 3. The third-order valence-corrected chi connectivity index (χ3v) is 14.2. The number of hydrogen-bond donors (Lipinski definition) is 3. The van der Waals surface area contributed by atoms with Gasteiger partial charge in [-0.25, -0.2) is 15.2 Å². The molecule has 1 unspecified atom stereocenters. The smallest absolute Gasteiger partial charge is 0.324 e. The van der Waals surface area contributed by atoms with Crippen LogP contribution in [0.2, 0.25) is 0 Å². The van der Waals surface area contributed by atoms with Crippen molar-refractivity contribution in [2.24, 2.45) is 11.3 Å². The molecule has 2 fully saturated rings. The first-order valence-electron chi connectivity index (χ1n) is 23.8. The quantitative estimate of drug-likeness (QED) is 0.125. The monoisotopic (exact) mass is 952 g/mol. The van der Waals surface area contributed by atoms with Gasteiger partial charge in [-0.3, -0.25) is 34.1 Å². The van der Waals surface area contributed by atoms with Crippen molar-refractivity contribution in [3.63, 3.8) is 0 Å². The van der Waals surface area contributed by atoms with Gasteiger partial charge in [0.25, 0.3) is 5.91 Å². The van der Waals surface area contributed by atoms with Gasteiger partial charge in [0.05, 0.1) is 34.8 Å². The maximum absolute atomic E-state index is 14.7. The fraction of sp³-hybridized carbons (Fsp3) is 0.540. The van der Waals surface area contributed by atoms with Crippen LogP contribution >= 0.6 is 11.3 Å². The van der Waals surface area contributed by atoms with E-state index in [-0.39, 0.29) is 37.0 Å². The van der Waals surface area contributed by atoms with Crippen molar-refractivity contribution in [2.45, 2.75) is 98.0 Å². The third kappa shape index (κ3) is 11.1. The highest BCUT2D eigenvalue weighted by Gasteiger charge is 2.39. The molecule has 3 aliphatic heterocycles. The number of ether oxygens (including phenoxy) is 2. The van der Waals surface area contributed by atoms with Crippen molar-refractivity contribution in [3.8, 4) is 22.5 Å². The second-order valence-electron chi connectivity index (χ2n) is 19.2. The van der Waals surface area contributed by atoms with Gasteiger partial charge in [0.15, 0.2) is 0 Å². The molecule has 7 rings (SSSR count). The second-order valence-corrected chi connectivity index (χ2v) is 20.1. The number of thiazole rings is 1. The standard InChI is InChI=1S/C50H68N10O7S/c1-10-41(61)51-19-21-57-22-24-58(25-23-57)49(65)56(8)44(31(3)4)46(62)54-38-27-42-53-39(29-68-42)33-16-17-40-35(26-33)36(45(59(40)11-2)34-14-12-18-52-43(34)32(5)66-9)28-50(6,7)30-67-48(64)37-15-13-20-60(55-37)47(38)63/h10,12,14,16-18,26,29,31-32,37-38,44,55H,1,11,13,15,19-25,27-28,30H2,2-9H3,(H,51,61)(H,54,62)/t32-,37-,38-,44?/m0/s1. The van der Waals surface area contributed by atoms with E-state index in [2.05, 4.69) is 77.1 Å². The molecule has 3 N–H and O–H groups in total. The normalized spacial score (nSPS) is 20.1. The maximum Gasteiger partial charge on any atom is 0.324 e. The number of likely N-dealkylation sites (N-methyl/N-ethyl adjacent to an activating group) is 1. The maximum atomic E-state index is 14.7. The molecule has 3 aromatic heterocycles. The molecular weight excluding hydrogens is 885 g/mol. The Labute approximate surface area is 403 Å². The lowest BCUT2D eigenvalue weighted by molar-refractivity contribution is -0.155. The van der Waals surface area contributed by atoms with Gasteiger partial charge in [0.1, 0.15) is 18.1 Å². The van der Waals surface area contributed by atoms with Crippen molar-refractivity contribution in [3.05, 3.63) is 70.8 Å². The summed E-state index contributed by atoms with van der Waals surface area (Å²) in [5, 5.41) is 10.9. The Bertz CT molecular complexity index is 2490. The van der Waals surface area contributed by atoms with E-state index >= 15 is 0 Å². The number of fused-ring (bicyclic) bond motifs is 6. The molecule has 1 aromatic carbocycles. The van der Waals surface area contributed by atoms with Crippen molar-refractivity contribution in [1.82, 2.24) is 50.3 Å². The predicted octanol–water partition coefficient (Wildman–Crippen LogP) is 5.20. The van der Waals surface area contributed by atoms with Crippen LogP contribution in [0.5, 0.6) is 0 Å². The van der Waals surface area contributed by atoms with Gasteiger partial charge in [-0.2, -0.15) is 0 Å². The lowest BCUT2D eigenvalue weighted by atomic mass is 9.84. The Morgan fingerprint density at radius 3 is 2.59 bits per heavy atom. The van der Waals surface area contributed by atoms with Crippen LogP contribution in [-0.4, -0.2) is 149 Å². The Hall–Kier alpha value is -5.69. The van der Waals surface area contributed by atoms with E-state index in [1.807, 2.05) is 32.2 Å². The first-order valence-corrected chi connectivity index (χ1v) is 24.7. The molecule has 6 bridgehead atoms. The molecule has 17 nitrogen and oxygen atoms in total. The summed E-state index contributed by atoms with van der Waals surface area (Å²) in [5.74, 6) is -1.86. The number of carbonyl (C=O) groups excluding carboxylic acids is 5. The van der Waals surface area contributed by atoms with E-state index in [0.717, 1.165) is 44.7 Å². The first kappa shape index (κ1) is 50.2. The first-order chi connectivity index (χ1) is 32.5. The minimum atomic E-state index is -1.07. The lowest BCUT2D eigenvalue weighted by Gasteiger charge is -2.39. The Morgan fingerprint density at radius 2 is 1.88 bits per heavy atom. The van der Waals surface area contributed by atoms with E-state index in [1.165, 1.54) is 27.3 Å². The number of hydrazine groups is 1. The molecule has 0 spiro atoms. The number of carbonyl (C=O) groups is 5. The summed E-state index contributed by atoms with van der Waals surface area (Å²) >= 11 is 1.41. The fourth-order valence-corrected chi connectivity index (χ4v) is 10.5. The number of pyridine rings is 1. The van der Waals surface area contributed by atoms with Crippen LogP contribution in [0.25, 0.3) is 33.4 Å². The minimum Gasteiger partial charge on any atom is -0.464 e. The summed E-state index contributed by atoms with van der Waals surface area (Å²) in [5.41, 5.74) is 9.29. The molecule has 2 saturated heterocycles. The summed E-state index contributed by atoms with van der Waals surface area (Å²) in [6, 6.07) is 7.38.